The molecule has 0 saturated heterocycles. The highest BCUT2D eigenvalue weighted by Gasteiger charge is 2.46. The molecule has 58 heavy (non-hydrogen) atoms. The van der Waals surface area contributed by atoms with E-state index in [1.165, 1.54) is 0 Å². The highest BCUT2D eigenvalue weighted by Crippen LogP contribution is 2.50. The molecule has 0 fully saturated rings. The van der Waals surface area contributed by atoms with Crippen LogP contribution in [0.3, 0.4) is 0 Å². The van der Waals surface area contributed by atoms with Gasteiger partial charge in [-0.3, -0.25) is 4.57 Å². The van der Waals surface area contributed by atoms with E-state index in [1.807, 2.05) is 138 Å². The normalized spacial score (nSPS) is 14.8. The van der Waals surface area contributed by atoms with E-state index in [0.29, 0.717) is 99.5 Å². The first-order valence-corrected chi connectivity index (χ1v) is 19.5. The summed E-state index contributed by atoms with van der Waals surface area (Å²) in [5, 5.41) is 1.94. The largest absolute Gasteiger partial charge is 0.493 e. The Labute approximate surface area is 355 Å². The zero-order valence-electron chi connectivity index (χ0n) is 31.6. The lowest BCUT2D eigenvalue weighted by atomic mass is 9.99. The summed E-state index contributed by atoms with van der Waals surface area (Å²) in [7, 11) is 6.36. The number of benzene rings is 6. The van der Waals surface area contributed by atoms with E-state index in [0.717, 1.165) is 5.56 Å². The topological polar surface area (TPSA) is 79.5 Å². The average molecular weight is 849 g/mol. The fourth-order valence-corrected chi connectivity index (χ4v) is 7.99. The van der Waals surface area contributed by atoms with Gasteiger partial charge in [-0.2, -0.15) is 0 Å². The van der Waals surface area contributed by atoms with E-state index in [4.69, 9.17) is 80.3 Å². The van der Waals surface area contributed by atoms with E-state index >= 15 is 0 Å². The second-order valence-corrected chi connectivity index (χ2v) is 14.8. The number of aromatic nitrogens is 2. The fourth-order valence-electron chi connectivity index (χ4n) is 7.15. The van der Waals surface area contributed by atoms with E-state index < -0.39 is 5.79 Å². The lowest BCUT2D eigenvalue weighted by Gasteiger charge is -2.30. The zero-order valence-corrected chi connectivity index (χ0v) is 34.7. The third kappa shape index (κ3) is 6.86. The van der Waals surface area contributed by atoms with Crippen molar-refractivity contribution in [3.8, 4) is 56.9 Å². The molecule has 1 aliphatic heterocycles. The van der Waals surface area contributed by atoms with Gasteiger partial charge in [0.25, 0.3) is 5.79 Å². The number of rotatable bonds is 11. The van der Waals surface area contributed by atoms with E-state index in [9.17, 15) is 0 Å². The third-order valence-electron chi connectivity index (χ3n) is 9.86. The molecule has 0 bridgehead atoms. The van der Waals surface area contributed by atoms with Crippen molar-refractivity contribution in [3.63, 3.8) is 0 Å². The Hall–Kier alpha value is -5.77. The van der Waals surface area contributed by atoms with Gasteiger partial charge in [0.05, 0.1) is 66.3 Å². The third-order valence-corrected chi connectivity index (χ3v) is 11.1. The predicted octanol–water partition coefficient (Wildman–Crippen LogP) is 12.2. The molecule has 2 heterocycles. The van der Waals surface area contributed by atoms with E-state index in [2.05, 4.69) is 0 Å². The predicted molar refractivity (Wildman–Crippen MR) is 234 cm³/mol. The van der Waals surface area contributed by atoms with Gasteiger partial charge in [-0.25, -0.2) is 15.0 Å². The summed E-state index contributed by atoms with van der Waals surface area (Å²) in [6.45, 7) is 0. The van der Waals surface area contributed by atoms with E-state index in [-0.39, 0.29) is 0 Å². The summed E-state index contributed by atoms with van der Waals surface area (Å²) in [5.41, 5.74) is 6.20. The van der Waals surface area contributed by atoms with Crippen LogP contribution < -0.4 is 18.9 Å². The molecule has 290 valence electrons. The van der Waals surface area contributed by atoms with Gasteiger partial charge >= 0.3 is 0 Å². The Bertz CT molecular complexity index is 2750. The van der Waals surface area contributed by atoms with Crippen LogP contribution in [0.1, 0.15) is 16.7 Å². The second-order valence-electron chi connectivity index (χ2n) is 13.1. The van der Waals surface area contributed by atoms with Gasteiger partial charge in [0, 0.05) is 38.4 Å². The van der Waals surface area contributed by atoms with Crippen LogP contribution in [0.15, 0.2) is 143 Å². The van der Waals surface area contributed by atoms with Crippen molar-refractivity contribution in [1.29, 1.82) is 0 Å². The lowest BCUT2D eigenvalue weighted by molar-refractivity contribution is 0.355. The molecule has 12 heteroatoms. The van der Waals surface area contributed by atoms with Crippen LogP contribution in [0.25, 0.3) is 33.9 Å². The molecule has 1 unspecified atom stereocenters. The van der Waals surface area contributed by atoms with Gasteiger partial charge < -0.3 is 18.9 Å². The summed E-state index contributed by atoms with van der Waals surface area (Å²) in [6, 6.07) is 41.3. The number of hydrogen-bond acceptors (Lipinski definition) is 7. The highest BCUT2D eigenvalue weighted by molar-refractivity contribution is 6.56. The first kappa shape index (κ1) is 39.1. The van der Waals surface area contributed by atoms with Crippen molar-refractivity contribution in [1.82, 2.24) is 9.55 Å². The maximum absolute atomic E-state index is 7.29. The highest BCUT2D eigenvalue weighted by atomic mass is 35.5. The van der Waals surface area contributed by atoms with Crippen LogP contribution >= 0.6 is 46.4 Å². The fraction of sp³-hybridized carbons (Fsp3) is 0.109. The van der Waals surface area contributed by atoms with Crippen molar-refractivity contribution in [2.75, 3.05) is 28.4 Å². The summed E-state index contributed by atoms with van der Waals surface area (Å²) in [6.07, 6.45) is 0. The van der Waals surface area contributed by atoms with Crippen LogP contribution in [0, 0.1) is 0 Å². The quantitative estimate of drug-likeness (QED) is 0.130. The van der Waals surface area contributed by atoms with Gasteiger partial charge in [-0.15, -0.1) is 0 Å². The molecule has 8 rings (SSSR count). The maximum Gasteiger partial charge on any atom is 0.263 e. The first-order chi connectivity index (χ1) is 28.2. The van der Waals surface area contributed by atoms with Gasteiger partial charge in [0.15, 0.2) is 23.0 Å². The molecule has 1 aliphatic rings. The molecule has 0 saturated carbocycles. The molecule has 0 N–H and O–H groups in total. The van der Waals surface area contributed by atoms with Crippen molar-refractivity contribution >= 4 is 57.8 Å². The smallest absolute Gasteiger partial charge is 0.263 e. The summed E-state index contributed by atoms with van der Waals surface area (Å²) in [5.74, 6) is 0.934. The van der Waals surface area contributed by atoms with Gasteiger partial charge in [0.2, 0.25) is 0 Å². The summed E-state index contributed by atoms with van der Waals surface area (Å²) >= 11 is 27.9. The standard InChI is InChI=1S/C46H34Cl4N4O4/c1-55-37-23-19-28(25-39(37)57-3)41-42(31-11-5-8-14-34(31)48)53-46(52-41,33-13-7-10-16-36(33)50)54-44(29-20-24-38(56-2)40(26-29)58-4)43(32-12-6-9-15-35(32)49)51-45(54)27-17-21-30(47)22-18-27/h5-26H,1-4H3. The number of aliphatic imine (C=N–C) groups is 2. The van der Waals surface area contributed by atoms with E-state index in [1.54, 1.807) is 28.4 Å². The minimum atomic E-state index is -1.67. The number of nitrogens with zero attached hydrogens (tertiary/aromatic N) is 4. The van der Waals surface area contributed by atoms with Crippen molar-refractivity contribution in [3.05, 3.63) is 170 Å². The van der Waals surface area contributed by atoms with Crippen LogP contribution in [0.2, 0.25) is 20.1 Å². The molecule has 6 aromatic carbocycles. The molecule has 7 aromatic rings. The van der Waals surface area contributed by atoms with Crippen molar-refractivity contribution < 1.29 is 18.9 Å². The van der Waals surface area contributed by atoms with Crippen LogP contribution in [0.4, 0.5) is 0 Å². The number of hydrogen-bond donors (Lipinski definition) is 0. The molecule has 0 amide bonds. The number of imidazole rings is 1. The molecule has 0 radical (unpaired) electrons. The van der Waals surface area contributed by atoms with Crippen LogP contribution in [-0.2, 0) is 5.79 Å². The van der Waals surface area contributed by atoms with Crippen LogP contribution in [0.5, 0.6) is 23.0 Å². The molecular weight excluding hydrogens is 814 g/mol. The van der Waals surface area contributed by atoms with Gasteiger partial charge in [0.1, 0.15) is 5.82 Å². The number of halogens is 4. The molecule has 0 spiro atoms. The molecule has 8 nitrogen and oxygen atoms in total. The Morgan fingerprint density at radius 1 is 0.483 bits per heavy atom. The second kappa shape index (κ2) is 16.2. The summed E-state index contributed by atoms with van der Waals surface area (Å²) < 4.78 is 24.9. The minimum absolute atomic E-state index is 0.412. The Kier molecular flexibility index (Phi) is 10.9. The number of ether oxygens (including phenoxy) is 4. The molecular formula is C46H34Cl4N4O4. The minimum Gasteiger partial charge on any atom is -0.493 e. The average Bonchev–Trinajstić information content (AvgIpc) is 3.85. The first-order valence-electron chi connectivity index (χ1n) is 18.0. The maximum atomic E-state index is 7.29. The lowest BCUT2D eigenvalue weighted by Crippen LogP contribution is -2.31. The Morgan fingerprint density at radius 3 is 1.57 bits per heavy atom. The Balaban J connectivity index is 1.60. The van der Waals surface area contributed by atoms with Gasteiger partial charge in [-0.05, 0) is 78.9 Å². The number of methoxy groups -OCH3 is 4. The van der Waals surface area contributed by atoms with Crippen molar-refractivity contribution in [2.45, 2.75) is 5.79 Å². The van der Waals surface area contributed by atoms with Crippen molar-refractivity contribution in [2.24, 2.45) is 9.98 Å². The SMILES string of the molecule is COc1ccc(C2=NC(c3ccccc3Cl)(n3c(-c4ccc(Cl)cc4)nc(-c4ccccc4Cl)c3-c3ccc(OC)c(OC)c3)N=C2c2ccccc2Cl)cc1OC. The Morgan fingerprint density at radius 2 is 0.983 bits per heavy atom. The molecule has 0 aliphatic carbocycles. The van der Waals surface area contributed by atoms with Crippen LogP contribution in [-0.4, -0.2) is 49.4 Å². The monoisotopic (exact) mass is 846 g/mol. The summed E-state index contributed by atoms with van der Waals surface area (Å²) in [4.78, 5) is 16.8. The van der Waals surface area contributed by atoms with Gasteiger partial charge in [-0.1, -0.05) is 101 Å². The molecule has 1 atom stereocenters. The zero-order chi connectivity index (χ0) is 40.6. The molecule has 1 aromatic heterocycles.